The van der Waals surface area contributed by atoms with Gasteiger partial charge in [0.25, 0.3) is 0 Å². The number of nitrogens with zero attached hydrogens (tertiary/aromatic N) is 1. The van der Waals surface area contributed by atoms with Crippen LogP contribution in [0.4, 0.5) is 0 Å². The first-order valence-electron chi connectivity index (χ1n) is 7.00. The number of hydrogen-bond donors (Lipinski definition) is 0. The quantitative estimate of drug-likeness (QED) is 0.577. The average molecular weight is 255 g/mol. The molecule has 20 heavy (non-hydrogen) atoms. The van der Waals surface area contributed by atoms with Crippen molar-refractivity contribution in [3.63, 3.8) is 0 Å². The van der Waals surface area contributed by atoms with Gasteiger partial charge in [-0.3, -0.25) is 0 Å². The number of benzene rings is 2. The van der Waals surface area contributed by atoms with Crippen molar-refractivity contribution in [2.24, 2.45) is 0 Å². The third-order valence-corrected chi connectivity index (χ3v) is 4.02. The number of aromatic nitrogens is 1. The van der Waals surface area contributed by atoms with Gasteiger partial charge in [-0.1, -0.05) is 47.9 Å². The molecule has 0 fully saturated rings. The van der Waals surface area contributed by atoms with E-state index in [0.29, 0.717) is 0 Å². The van der Waals surface area contributed by atoms with Crippen molar-refractivity contribution in [3.05, 3.63) is 71.9 Å². The van der Waals surface area contributed by atoms with Crippen LogP contribution in [0, 0.1) is 0 Å². The number of rotatable bonds is 1. The van der Waals surface area contributed by atoms with Gasteiger partial charge in [0.05, 0.1) is 5.52 Å². The van der Waals surface area contributed by atoms with Crippen molar-refractivity contribution in [1.82, 2.24) is 4.57 Å². The number of allylic oxidation sites excluding steroid dienone is 1. The minimum atomic E-state index is 0.914. The highest BCUT2D eigenvalue weighted by Crippen LogP contribution is 2.36. The molecule has 0 N–H and O–H groups in total. The van der Waals surface area contributed by atoms with Crippen LogP contribution in [0.25, 0.3) is 22.1 Å². The van der Waals surface area contributed by atoms with Gasteiger partial charge < -0.3 is 4.57 Å². The van der Waals surface area contributed by atoms with Crippen molar-refractivity contribution in [2.45, 2.75) is 12.8 Å². The smallest absolute Gasteiger partial charge is 0.114 e. The van der Waals surface area contributed by atoms with Gasteiger partial charge in [0.2, 0.25) is 0 Å². The first-order valence-corrected chi connectivity index (χ1v) is 7.00. The van der Waals surface area contributed by atoms with E-state index in [1.807, 2.05) is 0 Å². The molecule has 2 radical (unpaired) electrons. The molecule has 1 aliphatic rings. The fourth-order valence-electron chi connectivity index (χ4n) is 3.19. The Morgan fingerprint density at radius 1 is 0.900 bits per heavy atom. The Kier molecular flexibility index (Phi) is 2.56. The largest absolute Gasteiger partial charge is 0.313 e. The molecule has 3 aromatic rings. The standard InChI is InChI=1S/C18H14BN/c19-15-10-6-12-17-18(15)14-9-4-5-11-16(14)20(17)13-7-2-1-3-8-13/h1-5,7-11H,6,12H2. The molecule has 4 rings (SSSR count). The highest BCUT2D eigenvalue weighted by atomic mass is 15.0. The van der Waals surface area contributed by atoms with Crippen LogP contribution in [0.1, 0.15) is 17.7 Å². The summed E-state index contributed by atoms with van der Waals surface area (Å²) in [4.78, 5) is 0. The van der Waals surface area contributed by atoms with Gasteiger partial charge in [-0.05, 0) is 36.6 Å². The summed E-state index contributed by atoms with van der Waals surface area (Å²) >= 11 is 0. The second-order valence-electron chi connectivity index (χ2n) is 5.21. The highest BCUT2D eigenvalue weighted by Gasteiger charge is 2.20. The van der Waals surface area contributed by atoms with E-state index in [9.17, 15) is 0 Å². The lowest BCUT2D eigenvalue weighted by Gasteiger charge is -2.15. The Bertz CT molecular complexity index is 812. The minimum absolute atomic E-state index is 0.914. The van der Waals surface area contributed by atoms with Gasteiger partial charge in [0.1, 0.15) is 7.85 Å². The lowest BCUT2D eigenvalue weighted by Crippen LogP contribution is -2.05. The maximum absolute atomic E-state index is 6.25. The maximum atomic E-state index is 6.25. The first kappa shape index (κ1) is 11.6. The van der Waals surface area contributed by atoms with Gasteiger partial charge in [0, 0.05) is 16.8 Å². The monoisotopic (exact) mass is 255 g/mol. The fourth-order valence-corrected chi connectivity index (χ4v) is 3.19. The van der Waals surface area contributed by atoms with E-state index in [2.05, 4.69) is 65.2 Å². The molecular formula is C18H14BN. The Balaban J connectivity index is 2.14. The van der Waals surface area contributed by atoms with Crippen LogP contribution >= 0.6 is 0 Å². The number of para-hydroxylation sites is 2. The van der Waals surface area contributed by atoms with Crippen LogP contribution in [-0.4, -0.2) is 12.4 Å². The molecule has 2 aromatic carbocycles. The van der Waals surface area contributed by atoms with Crippen molar-refractivity contribution >= 4 is 24.2 Å². The second kappa shape index (κ2) is 4.41. The third kappa shape index (κ3) is 1.58. The molecule has 0 unspecified atom stereocenters. The van der Waals surface area contributed by atoms with E-state index in [1.165, 1.54) is 27.8 Å². The third-order valence-electron chi connectivity index (χ3n) is 4.02. The predicted molar refractivity (Wildman–Crippen MR) is 85.3 cm³/mol. The number of hydrogen-bond acceptors (Lipinski definition) is 0. The van der Waals surface area contributed by atoms with Crippen molar-refractivity contribution in [3.8, 4) is 5.69 Å². The molecule has 1 aromatic heterocycles. The summed E-state index contributed by atoms with van der Waals surface area (Å²) in [6.07, 6.45) is 4.20. The van der Waals surface area contributed by atoms with E-state index in [1.54, 1.807) is 0 Å². The van der Waals surface area contributed by atoms with Crippen molar-refractivity contribution in [1.29, 1.82) is 0 Å². The van der Waals surface area contributed by atoms with Crippen LogP contribution < -0.4 is 0 Å². The molecule has 1 heterocycles. The van der Waals surface area contributed by atoms with Crippen LogP contribution in [-0.2, 0) is 6.42 Å². The topological polar surface area (TPSA) is 4.93 Å². The minimum Gasteiger partial charge on any atom is -0.313 e. The summed E-state index contributed by atoms with van der Waals surface area (Å²) in [5.74, 6) is 0. The summed E-state index contributed by atoms with van der Waals surface area (Å²) < 4.78 is 2.35. The Labute approximate surface area is 120 Å². The van der Waals surface area contributed by atoms with Gasteiger partial charge >= 0.3 is 0 Å². The van der Waals surface area contributed by atoms with Crippen LogP contribution in [0.15, 0.2) is 60.7 Å². The molecule has 0 saturated carbocycles. The van der Waals surface area contributed by atoms with E-state index in [4.69, 9.17) is 7.85 Å². The molecule has 1 nitrogen and oxygen atoms in total. The van der Waals surface area contributed by atoms with E-state index >= 15 is 0 Å². The fraction of sp³-hybridized carbons (Fsp3) is 0.111. The molecule has 1 aliphatic carbocycles. The van der Waals surface area contributed by atoms with E-state index < -0.39 is 0 Å². The molecule has 0 atom stereocenters. The van der Waals surface area contributed by atoms with Gasteiger partial charge in [-0.15, -0.1) is 0 Å². The molecule has 0 spiro atoms. The second-order valence-corrected chi connectivity index (χ2v) is 5.21. The number of fused-ring (bicyclic) bond motifs is 3. The molecule has 2 heteroatoms. The highest BCUT2D eigenvalue weighted by molar-refractivity contribution is 6.44. The van der Waals surface area contributed by atoms with Gasteiger partial charge in [0.15, 0.2) is 0 Å². The Morgan fingerprint density at radius 3 is 2.50 bits per heavy atom. The van der Waals surface area contributed by atoms with E-state index in [-0.39, 0.29) is 0 Å². The Hall–Kier alpha value is -2.22. The summed E-state index contributed by atoms with van der Waals surface area (Å²) in [6.45, 7) is 0. The zero-order chi connectivity index (χ0) is 13.5. The zero-order valence-corrected chi connectivity index (χ0v) is 11.2. The normalized spacial score (nSPS) is 14.1. The summed E-state index contributed by atoms with van der Waals surface area (Å²) in [5.41, 5.74) is 5.91. The van der Waals surface area contributed by atoms with Crippen molar-refractivity contribution < 1.29 is 0 Å². The van der Waals surface area contributed by atoms with E-state index in [0.717, 1.165) is 18.3 Å². The summed E-state index contributed by atoms with van der Waals surface area (Å²) in [6, 6.07) is 19.0. The van der Waals surface area contributed by atoms with Gasteiger partial charge in [-0.2, -0.15) is 0 Å². The zero-order valence-electron chi connectivity index (χ0n) is 11.2. The SMILES string of the molecule is [B]C1=CCCc2c1c1ccccc1n2-c1ccccc1. The molecule has 0 bridgehead atoms. The maximum Gasteiger partial charge on any atom is 0.114 e. The lowest BCUT2D eigenvalue weighted by molar-refractivity contribution is 0.887. The van der Waals surface area contributed by atoms with Crippen LogP contribution in [0.5, 0.6) is 0 Å². The Morgan fingerprint density at radius 2 is 1.65 bits per heavy atom. The molecule has 0 saturated heterocycles. The van der Waals surface area contributed by atoms with Crippen LogP contribution in [0.3, 0.4) is 0 Å². The van der Waals surface area contributed by atoms with Crippen LogP contribution in [0.2, 0.25) is 0 Å². The van der Waals surface area contributed by atoms with Crippen molar-refractivity contribution in [2.75, 3.05) is 0 Å². The first-order chi connectivity index (χ1) is 9.86. The molecule has 0 aliphatic heterocycles. The summed E-state index contributed by atoms with van der Waals surface area (Å²) in [5, 5.41) is 1.25. The summed E-state index contributed by atoms with van der Waals surface area (Å²) in [7, 11) is 6.25. The average Bonchev–Trinajstić information content (AvgIpc) is 2.84. The molecular weight excluding hydrogens is 241 g/mol. The van der Waals surface area contributed by atoms with Gasteiger partial charge in [-0.25, -0.2) is 0 Å². The molecule has 94 valence electrons. The lowest BCUT2D eigenvalue weighted by atomic mass is 9.82. The predicted octanol–water partition coefficient (Wildman–Crippen LogP) is 4.09. The molecule has 0 amide bonds.